The Morgan fingerprint density at radius 3 is 2.38 bits per heavy atom. The van der Waals surface area contributed by atoms with Crippen LogP contribution in [0, 0.1) is 5.41 Å². The summed E-state index contributed by atoms with van der Waals surface area (Å²) in [6.07, 6.45) is 4.27. The number of esters is 1. The number of hydrogen-bond donors (Lipinski definition) is 1. The Bertz CT molecular complexity index is 166. The van der Waals surface area contributed by atoms with Gasteiger partial charge in [-0.15, -0.1) is 0 Å². The van der Waals surface area contributed by atoms with Crippen LogP contribution in [0.2, 0.25) is 0 Å². The third kappa shape index (κ3) is 9.05. The van der Waals surface area contributed by atoms with Gasteiger partial charge in [-0.1, -0.05) is 6.42 Å². The fraction of sp³-hybridized carbons (Fsp3) is 0.800. The van der Waals surface area contributed by atoms with Crippen LogP contribution in [0.4, 0.5) is 0 Å². The third-order valence-corrected chi connectivity index (χ3v) is 1.74. The number of carbonyl (C=O) groups is 1. The molecule has 13 heavy (non-hydrogen) atoms. The summed E-state index contributed by atoms with van der Waals surface area (Å²) in [5, 5.41) is 7.19. The van der Waals surface area contributed by atoms with Gasteiger partial charge < -0.3 is 10.1 Å². The van der Waals surface area contributed by atoms with Crippen molar-refractivity contribution in [3.63, 3.8) is 0 Å². The van der Waals surface area contributed by atoms with Gasteiger partial charge >= 0.3 is 5.97 Å². The first-order valence-corrected chi connectivity index (χ1v) is 4.86. The quantitative estimate of drug-likeness (QED) is 0.376. The summed E-state index contributed by atoms with van der Waals surface area (Å²) in [7, 11) is 0. The Balaban J connectivity index is 3.16. The smallest absolute Gasteiger partial charge is 0.305 e. The van der Waals surface area contributed by atoms with Crippen LogP contribution in [-0.2, 0) is 9.53 Å². The first kappa shape index (κ1) is 12.1. The van der Waals surface area contributed by atoms with Crippen LogP contribution in [0.5, 0.6) is 0 Å². The van der Waals surface area contributed by atoms with E-state index in [2.05, 4.69) is 0 Å². The molecule has 0 aromatic rings. The minimum Gasteiger partial charge on any atom is -0.466 e. The number of hydrogen-bond acceptors (Lipinski definition) is 3. The second kappa shape index (κ2) is 7.77. The maximum absolute atomic E-state index is 10.9. The largest absolute Gasteiger partial charge is 0.466 e. The van der Waals surface area contributed by atoms with Gasteiger partial charge in [-0.2, -0.15) is 0 Å². The molecule has 0 rings (SSSR count). The summed E-state index contributed by atoms with van der Waals surface area (Å²) >= 11 is 0. The molecular formula is C10H19NO2. The summed E-state index contributed by atoms with van der Waals surface area (Å²) < 4.78 is 4.79. The Hall–Kier alpha value is -0.860. The van der Waals surface area contributed by atoms with E-state index in [0.29, 0.717) is 13.0 Å². The van der Waals surface area contributed by atoms with Gasteiger partial charge in [0.05, 0.1) is 6.61 Å². The summed E-state index contributed by atoms with van der Waals surface area (Å²) in [5.74, 6) is -0.103. The molecule has 0 aromatic carbocycles. The van der Waals surface area contributed by atoms with Crippen molar-refractivity contribution in [2.24, 2.45) is 0 Å². The molecule has 0 aliphatic carbocycles. The Morgan fingerprint density at radius 2 is 1.85 bits per heavy atom. The number of rotatable bonds is 7. The standard InChI is InChI=1S/C10H19NO2/c1-3-13-10(12)8-6-4-5-7-9(2)11/h11H,3-8H2,1-2H3. The molecule has 0 aliphatic heterocycles. The van der Waals surface area contributed by atoms with Gasteiger partial charge in [-0.25, -0.2) is 0 Å². The highest BCUT2D eigenvalue weighted by Crippen LogP contribution is 2.04. The zero-order valence-corrected chi connectivity index (χ0v) is 8.56. The van der Waals surface area contributed by atoms with E-state index in [0.717, 1.165) is 31.4 Å². The lowest BCUT2D eigenvalue weighted by Gasteiger charge is -2.01. The van der Waals surface area contributed by atoms with E-state index in [1.165, 1.54) is 0 Å². The number of nitrogens with one attached hydrogen (secondary N) is 1. The molecule has 0 radical (unpaired) electrons. The lowest BCUT2D eigenvalue weighted by atomic mass is 10.1. The van der Waals surface area contributed by atoms with Gasteiger partial charge in [-0.05, 0) is 33.1 Å². The van der Waals surface area contributed by atoms with E-state index in [9.17, 15) is 4.79 Å². The molecular weight excluding hydrogens is 166 g/mol. The molecule has 0 aromatic heterocycles. The summed E-state index contributed by atoms with van der Waals surface area (Å²) in [6, 6.07) is 0. The van der Waals surface area contributed by atoms with E-state index in [1.807, 2.05) is 13.8 Å². The normalized spacial score (nSPS) is 9.69. The minimum atomic E-state index is -0.103. The Morgan fingerprint density at radius 1 is 1.23 bits per heavy atom. The predicted molar refractivity (Wildman–Crippen MR) is 53.1 cm³/mol. The van der Waals surface area contributed by atoms with Crippen LogP contribution >= 0.6 is 0 Å². The molecule has 0 bridgehead atoms. The highest BCUT2D eigenvalue weighted by atomic mass is 16.5. The molecule has 0 unspecified atom stereocenters. The number of unbranched alkanes of at least 4 members (excludes halogenated alkanes) is 2. The second-order valence-corrected chi connectivity index (χ2v) is 3.15. The van der Waals surface area contributed by atoms with E-state index < -0.39 is 0 Å². The molecule has 76 valence electrons. The van der Waals surface area contributed by atoms with Crippen molar-refractivity contribution >= 4 is 11.7 Å². The Kier molecular flexibility index (Phi) is 7.26. The van der Waals surface area contributed by atoms with E-state index >= 15 is 0 Å². The van der Waals surface area contributed by atoms with Crippen LogP contribution in [-0.4, -0.2) is 18.3 Å². The molecule has 0 amide bonds. The topological polar surface area (TPSA) is 50.2 Å². The molecule has 0 heterocycles. The van der Waals surface area contributed by atoms with Gasteiger partial charge in [0.1, 0.15) is 0 Å². The van der Waals surface area contributed by atoms with Crippen molar-refractivity contribution in [2.45, 2.75) is 46.0 Å². The molecule has 0 atom stereocenters. The summed E-state index contributed by atoms with van der Waals surface area (Å²) in [4.78, 5) is 10.9. The molecule has 0 aliphatic rings. The van der Waals surface area contributed by atoms with Crippen LogP contribution in [0.15, 0.2) is 0 Å². The maximum Gasteiger partial charge on any atom is 0.305 e. The summed E-state index contributed by atoms with van der Waals surface area (Å²) in [6.45, 7) is 4.10. The molecule has 1 N–H and O–H groups in total. The van der Waals surface area contributed by atoms with Gasteiger partial charge in [0.2, 0.25) is 0 Å². The minimum absolute atomic E-state index is 0.103. The zero-order chi connectivity index (χ0) is 10.1. The highest BCUT2D eigenvalue weighted by molar-refractivity contribution is 5.78. The second-order valence-electron chi connectivity index (χ2n) is 3.15. The summed E-state index contributed by atoms with van der Waals surface area (Å²) in [5.41, 5.74) is 0.719. The maximum atomic E-state index is 10.9. The average Bonchev–Trinajstić information content (AvgIpc) is 2.03. The van der Waals surface area contributed by atoms with Crippen molar-refractivity contribution in [3.05, 3.63) is 0 Å². The van der Waals surface area contributed by atoms with Crippen molar-refractivity contribution in [2.75, 3.05) is 6.61 Å². The van der Waals surface area contributed by atoms with Gasteiger partial charge in [0.15, 0.2) is 0 Å². The fourth-order valence-corrected chi connectivity index (χ4v) is 1.07. The SMILES string of the molecule is CCOC(=O)CCCCCC(C)=N. The third-order valence-electron chi connectivity index (χ3n) is 1.74. The van der Waals surface area contributed by atoms with Crippen LogP contribution in [0.3, 0.4) is 0 Å². The average molecular weight is 185 g/mol. The van der Waals surface area contributed by atoms with Crippen molar-refractivity contribution in [3.8, 4) is 0 Å². The molecule has 0 saturated carbocycles. The molecule has 3 heteroatoms. The van der Waals surface area contributed by atoms with Crippen LogP contribution in [0.25, 0.3) is 0 Å². The van der Waals surface area contributed by atoms with Crippen molar-refractivity contribution in [1.29, 1.82) is 5.41 Å². The monoisotopic (exact) mass is 185 g/mol. The number of carbonyl (C=O) groups excluding carboxylic acids is 1. The first-order valence-electron chi connectivity index (χ1n) is 4.86. The predicted octanol–water partition coefficient (Wildman–Crippen LogP) is 2.54. The van der Waals surface area contributed by atoms with Crippen LogP contribution < -0.4 is 0 Å². The van der Waals surface area contributed by atoms with Gasteiger partial charge in [0.25, 0.3) is 0 Å². The van der Waals surface area contributed by atoms with E-state index in [4.69, 9.17) is 10.1 Å². The fourth-order valence-electron chi connectivity index (χ4n) is 1.07. The zero-order valence-electron chi connectivity index (χ0n) is 8.56. The Labute approximate surface area is 80.0 Å². The highest BCUT2D eigenvalue weighted by Gasteiger charge is 2.00. The van der Waals surface area contributed by atoms with E-state index in [-0.39, 0.29) is 5.97 Å². The molecule has 0 saturated heterocycles. The van der Waals surface area contributed by atoms with Gasteiger partial charge in [-0.3, -0.25) is 4.79 Å². The number of ether oxygens (including phenoxy) is 1. The van der Waals surface area contributed by atoms with Gasteiger partial charge in [0, 0.05) is 12.1 Å². The first-order chi connectivity index (χ1) is 6.16. The molecule has 3 nitrogen and oxygen atoms in total. The van der Waals surface area contributed by atoms with Crippen molar-refractivity contribution in [1.82, 2.24) is 0 Å². The van der Waals surface area contributed by atoms with Crippen LogP contribution in [0.1, 0.15) is 46.0 Å². The lowest BCUT2D eigenvalue weighted by molar-refractivity contribution is -0.143. The van der Waals surface area contributed by atoms with E-state index in [1.54, 1.807) is 0 Å². The van der Waals surface area contributed by atoms with Crippen molar-refractivity contribution < 1.29 is 9.53 Å². The molecule has 0 fully saturated rings. The molecule has 0 spiro atoms. The lowest BCUT2D eigenvalue weighted by Crippen LogP contribution is -2.03.